The van der Waals surface area contributed by atoms with Crippen LogP contribution >= 0.6 is 0 Å². The summed E-state index contributed by atoms with van der Waals surface area (Å²) >= 11 is 0. The highest BCUT2D eigenvalue weighted by atomic mass is 16.5. The molecule has 3 aromatic rings. The van der Waals surface area contributed by atoms with E-state index in [1.54, 1.807) is 7.11 Å². The van der Waals surface area contributed by atoms with Crippen molar-refractivity contribution in [3.05, 3.63) is 83.4 Å². The lowest BCUT2D eigenvalue weighted by atomic mass is 9.73. The molecule has 4 rings (SSSR count). The van der Waals surface area contributed by atoms with Crippen molar-refractivity contribution < 1.29 is 9.53 Å². The minimum atomic E-state index is -0.652. The predicted molar refractivity (Wildman–Crippen MR) is 150 cm³/mol. The fourth-order valence-electron chi connectivity index (χ4n) is 5.15. The first-order chi connectivity index (χ1) is 18.4. The number of benzene rings is 3. The minimum absolute atomic E-state index is 0.212. The van der Waals surface area contributed by atoms with Crippen LogP contribution in [-0.2, 0) is 11.8 Å². The number of carbonyl (C=O) groups is 1. The third-order valence-electron chi connectivity index (χ3n) is 7.50. The zero-order valence-corrected chi connectivity index (χ0v) is 22.3. The van der Waals surface area contributed by atoms with Crippen molar-refractivity contribution in [3.8, 4) is 29.0 Å². The van der Waals surface area contributed by atoms with Crippen LogP contribution in [0.4, 0.5) is 5.69 Å². The third-order valence-corrected chi connectivity index (χ3v) is 7.50. The number of anilines is 1. The Balaban J connectivity index is 1.51. The van der Waals surface area contributed by atoms with Crippen molar-refractivity contribution in [1.82, 2.24) is 4.90 Å². The molecule has 6 heteroatoms. The van der Waals surface area contributed by atoms with Crippen molar-refractivity contribution in [2.24, 2.45) is 0 Å². The van der Waals surface area contributed by atoms with Crippen LogP contribution in [0.3, 0.4) is 0 Å². The molecule has 6 nitrogen and oxygen atoms in total. The summed E-state index contributed by atoms with van der Waals surface area (Å²) in [6.45, 7) is 6.05. The molecule has 0 saturated carbocycles. The molecule has 0 aromatic heterocycles. The Labute approximate surface area is 225 Å². The number of rotatable bonds is 8. The number of likely N-dealkylation sites (tertiary alicyclic amines) is 1. The van der Waals surface area contributed by atoms with Gasteiger partial charge in [0.15, 0.2) is 0 Å². The maximum atomic E-state index is 13.1. The number of nitrogens with one attached hydrogen (secondary N) is 1. The number of nitrogens with zero attached hydrogens (tertiary/aromatic N) is 3. The van der Waals surface area contributed by atoms with E-state index in [1.165, 1.54) is 0 Å². The molecule has 1 heterocycles. The van der Waals surface area contributed by atoms with Crippen molar-refractivity contribution >= 4 is 11.6 Å². The number of aryl methyl sites for hydroxylation is 1. The molecule has 1 fully saturated rings. The molecule has 0 aliphatic carbocycles. The summed E-state index contributed by atoms with van der Waals surface area (Å²) < 4.78 is 5.64. The first kappa shape index (κ1) is 26.9. The van der Waals surface area contributed by atoms with Gasteiger partial charge in [0.05, 0.1) is 24.7 Å². The molecule has 0 bridgehead atoms. The van der Waals surface area contributed by atoms with Crippen LogP contribution in [0.1, 0.15) is 54.6 Å². The molecule has 0 unspecified atom stereocenters. The van der Waals surface area contributed by atoms with Crippen LogP contribution in [0, 0.1) is 22.7 Å². The van der Waals surface area contributed by atoms with Gasteiger partial charge in [0.2, 0.25) is 0 Å². The number of piperidine rings is 1. The third kappa shape index (κ3) is 5.88. The Morgan fingerprint density at radius 3 is 2.39 bits per heavy atom. The normalized spacial score (nSPS) is 14.9. The smallest absolute Gasteiger partial charge is 0.255 e. The van der Waals surface area contributed by atoms with E-state index >= 15 is 0 Å². The number of amides is 1. The lowest BCUT2D eigenvalue weighted by Gasteiger charge is -2.40. The van der Waals surface area contributed by atoms with Crippen LogP contribution < -0.4 is 10.1 Å². The van der Waals surface area contributed by atoms with E-state index in [2.05, 4.69) is 42.3 Å². The number of nitriles is 2. The first-order valence-corrected chi connectivity index (χ1v) is 13.1. The number of carbonyl (C=O) groups excluding carboxylic acids is 1. The summed E-state index contributed by atoms with van der Waals surface area (Å²) in [6.07, 6.45) is 2.64. The highest BCUT2D eigenvalue weighted by molar-refractivity contribution is 6.04. The molecule has 0 radical (unpaired) electrons. The molecule has 194 valence electrons. The molecule has 1 aliphatic rings. The molecule has 0 atom stereocenters. The van der Waals surface area contributed by atoms with Crippen molar-refractivity contribution in [2.75, 3.05) is 25.5 Å². The second kappa shape index (κ2) is 11.9. The Morgan fingerprint density at radius 1 is 1.03 bits per heavy atom. The van der Waals surface area contributed by atoms with Crippen molar-refractivity contribution in [1.29, 1.82) is 10.5 Å². The van der Waals surface area contributed by atoms with Gasteiger partial charge in [-0.15, -0.1) is 0 Å². The minimum Gasteiger partial charge on any atom is -0.496 e. The van der Waals surface area contributed by atoms with E-state index in [0.29, 0.717) is 42.3 Å². The van der Waals surface area contributed by atoms with E-state index in [0.717, 1.165) is 41.8 Å². The topological polar surface area (TPSA) is 89.1 Å². The highest BCUT2D eigenvalue weighted by Crippen LogP contribution is 2.41. The van der Waals surface area contributed by atoms with Gasteiger partial charge >= 0.3 is 0 Å². The lowest BCUT2D eigenvalue weighted by molar-refractivity contribution is 0.102. The second-order valence-corrected chi connectivity index (χ2v) is 10.1. The lowest BCUT2D eigenvalue weighted by Crippen LogP contribution is -2.44. The Kier molecular flexibility index (Phi) is 8.46. The van der Waals surface area contributed by atoms with Gasteiger partial charge in [-0.1, -0.05) is 36.4 Å². The van der Waals surface area contributed by atoms with Gasteiger partial charge in [-0.05, 0) is 80.1 Å². The molecule has 1 aliphatic heterocycles. The van der Waals surface area contributed by atoms with Gasteiger partial charge in [0, 0.05) is 42.4 Å². The fraction of sp³-hybridized carbons (Fsp3) is 0.344. The van der Waals surface area contributed by atoms with Gasteiger partial charge < -0.3 is 15.0 Å². The zero-order valence-electron chi connectivity index (χ0n) is 22.3. The summed E-state index contributed by atoms with van der Waals surface area (Å²) in [6, 6.07) is 26.4. The SMILES string of the molecule is COc1ccc(NC(=O)c2ccc(-c3cccc(CCC#N)c3)cc2)cc1C1(C#N)CCN(C(C)C)CC1. The monoisotopic (exact) mass is 506 g/mol. The fourth-order valence-corrected chi connectivity index (χ4v) is 5.15. The van der Waals surface area contributed by atoms with Gasteiger partial charge in [0.1, 0.15) is 5.75 Å². The van der Waals surface area contributed by atoms with E-state index < -0.39 is 5.41 Å². The average Bonchev–Trinajstić information content (AvgIpc) is 2.96. The average molecular weight is 507 g/mol. The Hall–Kier alpha value is -4.13. The number of hydrogen-bond donors (Lipinski definition) is 1. The first-order valence-electron chi connectivity index (χ1n) is 13.1. The summed E-state index contributed by atoms with van der Waals surface area (Å²) in [4.78, 5) is 15.5. The number of hydrogen-bond acceptors (Lipinski definition) is 5. The highest BCUT2D eigenvalue weighted by Gasteiger charge is 2.39. The molecular formula is C32H34N4O2. The van der Waals surface area contributed by atoms with Crippen LogP contribution in [0.2, 0.25) is 0 Å². The summed E-state index contributed by atoms with van der Waals surface area (Å²) in [7, 11) is 1.62. The Morgan fingerprint density at radius 2 is 1.76 bits per heavy atom. The maximum Gasteiger partial charge on any atom is 0.255 e. The molecular weight excluding hydrogens is 472 g/mol. The van der Waals surface area contributed by atoms with Gasteiger partial charge in [0.25, 0.3) is 5.91 Å². The Bertz CT molecular complexity index is 1360. The van der Waals surface area contributed by atoms with Gasteiger partial charge in [-0.2, -0.15) is 10.5 Å². The van der Waals surface area contributed by atoms with E-state index in [4.69, 9.17) is 10.00 Å². The van der Waals surface area contributed by atoms with Crippen LogP contribution in [-0.4, -0.2) is 37.0 Å². The van der Waals surface area contributed by atoms with E-state index in [9.17, 15) is 10.1 Å². The van der Waals surface area contributed by atoms with Crippen molar-refractivity contribution in [2.45, 2.75) is 51.0 Å². The number of methoxy groups -OCH3 is 1. The maximum absolute atomic E-state index is 13.1. The van der Waals surface area contributed by atoms with E-state index in [1.807, 2.05) is 60.7 Å². The van der Waals surface area contributed by atoms with Gasteiger partial charge in [-0.3, -0.25) is 4.79 Å². The summed E-state index contributed by atoms with van der Waals surface area (Å²) in [5.41, 5.74) is 4.55. The largest absolute Gasteiger partial charge is 0.496 e. The molecule has 1 amide bonds. The van der Waals surface area contributed by atoms with Crippen LogP contribution in [0.5, 0.6) is 5.75 Å². The summed E-state index contributed by atoms with van der Waals surface area (Å²) in [5, 5.41) is 22.1. The van der Waals surface area contributed by atoms with Crippen LogP contribution in [0.25, 0.3) is 11.1 Å². The van der Waals surface area contributed by atoms with Crippen LogP contribution in [0.15, 0.2) is 66.7 Å². The number of ether oxygens (including phenoxy) is 1. The van der Waals surface area contributed by atoms with Crippen molar-refractivity contribution in [3.63, 3.8) is 0 Å². The molecule has 1 N–H and O–H groups in total. The second-order valence-electron chi connectivity index (χ2n) is 10.1. The molecule has 3 aromatic carbocycles. The molecule has 38 heavy (non-hydrogen) atoms. The standard InChI is InChI=1S/C32H34N4O2/c1-23(2)36-18-15-32(22-34,16-19-36)29-21-28(13-14-30(29)38-3)35-31(37)26-11-9-25(10-12-26)27-8-4-6-24(20-27)7-5-17-33/h4,6,8-14,20-21,23H,5,7,15-16,18-19H2,1-3H3,(H,35,37). The molecule has 0 spiro atoms. The van der Waals surface area contributed by atoms with E-state index in [-0.39, 0.29) is 5.91 Å². The zero-order chi connectivity index (χ0) is 27.1. The predicted octanol–water partition coefficient (Wildman–Crippen LogP) is 6.34. The quantitative estimate of drug-likeness (QED) is 0.385. The van der Waals surface area contributed by atoms with Gasteiger partial charge in [-0.25, -0.2) is 0 Å². The molecule has 1 saturated heterocycles. The summed E-state index contributed by atoms with van der Waals surface area (Å²) in [5.74, 6) is 0.458.